The van der Waals surface area contributed by atoms with Crippen LogP contribution in [0.2, 0.25) is 0 Å². The maximum absolute atomic E-state index is 13.6. The number of carbonyl (C=O) groups excluding carboxylic acids is 1. The van der Waals surface area contributed by atoms with Crippen molar-refractivity contribution in [3.8, 4) is 5.88 Å². The van der Waals surface area contributed by atoms with Gasteiger partial charge in [-0.2, -0.15) is 0 Å². The van der Waals surface area contributed by atoms with E-state index in [1.54, 1.807) is 17.0 Å². The second-order valence-electron chi connectivity index (χ2n) is 6.26. The molecule has 2 N–H and O–H groups in total. The number of carbonyl (C=O) groups is 2. The lowest BCUT2D eigenvalue weighted by molar-refractivity contribution is 0.0696. The molecule has 1 aromatic heterocycles. The summed E-state index contributed by atoms with van der Waals surface area (Å²) in [4.78, 5) is 28.7. The maximum atomic E-state index is 13.6. The van der Waals surface area contributed by atoms with Gasteiger partial charge in [0.2, 0.25) is 0 Å². The Labute approximate surface area is 155 Å². The first-order valence-corrected chi connectivity index (χ1v) is 8.65. The number of carboxylic acids is 1. The molecule has 0 saturated carbocycles. The Balaban J connectivity index is 1.44. The Bertz CT molecular complexity index is 805. The average Bonchev–Trinajstić information content (AvgIpc) is 2.69. The number of aromatic carboxylic acids is 1. The number of rotatable bonds is 5. The smallest absolute Gasteiger partial charge is 0.335 e. The van der Waals surface area contributed by atoms with Crippen molar-refractivity contribution in [1.29, 1.82) is 0 Å². The van der Waals surface area contributed by atoms with Crippen LogP contribution in [0.15, 0.2) is 42.6 Å². The molecule has 2 amide bonds. The summed E-state index contributed by atoms with van der Waals surface area (Å²) >= 11 is 0. The van der Waals surface area contributed by atoms with Gasteiger partial charge in [-0.1, -0.05) is 12.1 Å². The first-order chi connectivity index (χ1) is 13.0. The summed E-state index contributed by atoms with van der Waals surface area (Å²) in [6, 6.07) is 8.96. The van der Waals surface area contributed by atoms with Crippen molar-refractivity contribution in [2.45, 2.75) is 25.5 Å². The number of carboxylic acid groups (broad SMARTS) is 1. The van der Waals surface area contributed by atoms with E-state index in [2.05, 4.69) is 10.3 Å². The summed E-state index contributed by atoms with van der Waals surface area (Å²) in [6.07, 6.45) is 2.49. The fraction of sp³-hybridized carbons (Fsp3) is 0.316. The third-order valence-electron chi connectivity index (χ3n) is 4.38. The Kier molecular flexibility index (Phi) is 5.85. The zero-order valence-corrected chi connectivity index (χ0v) is 14.6. The number of aromatic nitrogens is 1. The SMILES string of the molecule is O=C(O)c1ccc(CNC(=O)N2CCC(Oc3ncccc3F)CC2)cc1. The molecule has 1 aliphatic heterocycles. The number of benzene rings is 1. The van der Waals surface area contributed by atoms with Crippen LogP contribution in [0.4, 0.5) is 9.18 Å². The van der Waals surface area contributed by atoms with Crippen LogP contribution in [0.25, 0.3) is 0 Å². The van der Waals surface area contributed by atoms with E-state index in [1.165, 1.54) is 30.5 Å². The summed E-state index contributed by atoms with van der Waals surface area (Å²) in [6.45, 7) is 1.32. The van der Waals surface area contributed by atoms with E-state index < -0.39 is 11.8 Å². The molecule has 1 aromatic carbocycles. The molecular formula is C19H20FN3O4. The summed E-state index contributed by atoms with van der Waals surface area (Å²) in [7, 11) is 0. The number of ether oxygens (including phenoxy) is 1. The number of halogens is 1. The highest BCUT2D eigenvalue weighted by Gasteiger charge is 2.24. The third-order valence-corrected chi connectivity index (χ3v) is 4.38. The van der Waals surface area contributed by atoms with Crippen LogP contribution in [0, 0.1) is 5.82 Å². The van der Waals surface area contributed by atoms with Crippen molar-refractivity contribution in [1.82, 2.24) is 15.2 Å². The normalized spacial score (nSPS) is 14.6. The fourth-order valence-corrected chi connectivity index (χ4v) is 2.85. The molecule has 1 fully saturated rings. The molecule has 0 bridgehead atoms. The minimum Gasteiger partial charge on any atom is -0.478 e. The van der Waals surface area contributed by atoms with E-state index in [9.17, 15) is 14.0 Å². The Morgan fingerprint density at radius 1 is 1.22 bits per heavy atom. The standard InChI is InChI=1S/C19H20FN3O4/c20-16-2-1-9-21-17(16)27-15-7-10-23(11-8-15)19(26)22-12-13-3-5-14(6-4-13)18(24)25/h1-6,9,15H,7-8,10-12H2,(H,22,26)(H,24,25). The van der Waals surface area contributed by atoms with E-state index in [0.717, 1.165) is 5.56 Å². The monoisotopic (exact) mass is 373 g/mol. The first kappa shape index (κ1) is 18.6. The van der Waals surface area contributed by atoms with Gasteiger partial charge in [-0.05, 0) is 29.8 Å². The summed E-state index contributed by atoms with van der Waals surface area (Å²) in [5.74, 6) is -1.49. The van der Waals surface area contributed by atoms with Gasteiger partial charge in [0.1, 0.15) is 6.10 Å². The number of hydrogen-bond acceptors (Lipinski definition) is 4. The topological polar surface area (TPSA) is 91.8 Å². The molecule has 142 valence electrons. The molecule has 0 aliphatic carbocycles. The lowest BCUT2D eigenvalue weighted by Gasteiger charge is -2.32. The molecule has 0 atom stereocenters. The Morgan fingerprint density at radius 3 is 2.56 bits per heavy atom. The van der Waals surface area contributed by atoms with Crippen molar-refractivity contribution in [3.63, 3.8) is 0 Å². The maximum Gasteiger partial charge on any atom is 0.335 e. The zero-order chi connectivity index (χ0) is 19.2. The number of likely N-dealkylation sites (tertiary alicyclic amines) is 1. The second-order valence-corrected chi connectivity index (χ2v) is 6.26. The molecule has 7 nitrogen and oxygen atoms in total. The second kappa shape index (κ2) is 8.48. The highest BCUT2D eigenvalue weighted by Crippen LogP contribution is 2.19. The average molecular weight is 373 g/mol. The molecule has 1 saturated heterocycles. The summed E-state index contributed by atoms with van der Waals surface area (Å²) in [5.41, 5.74) is 1.02. The van der Waals surface area contributed by atoms with Gasteiger partial charge in [0.25, 0.3) is 5.88 Å². The quantitative estimate of drug-likeness (QED) is 0.841. The van der Waals surface area contributed by atoms with E-state index in [-0.39, 0.29) is 23.6 Å². The fourth-order valence-electron chi connectivity index (χ4n) is 2.85. The van der Waals surface area contributed by atoms with Gasteiger partial charge in [-0.25, -0.2) is 19.0 Å². The van der Waals surface area contributed by atoms with Gasteiger partial charge in [0.05, 0.1) is 5.56 Å². The summed E-state index contributed by atoms with van der Waals surface area (Å²) in [5, 5.41) is 11.7. The molecule has 27 heavy (non-hydrogen) atoms. The summed E-state index contributed by atoms with van der Waals surface area (Å²) < 4.78 is 19.2. The molecule has 3 rings (SSSR count). The van der Waals surface area contributed by atoms with Crippen LogP contribution in [0.1, 0.15) is 28.8 Å². The van der Waals surface area contributed by atoms with Crippen molar-refractivity contribution in [3.05, 3.63) is 59.5 Å². The number of nitrogens with one attached hydrogen (secondary N) is 1. The largest absolute Gasteiger partial charge is 0.478 e. The predicted molar refractivity (Wildman–Crippen MR) is 95.1 cm³/mol. The van der Waals surface area contributed by atoms with Gasteiger partial charge >= 0.3 is 12.0 Å². The van der Waals surface area contributed by atoms with Crippen molar-refractivity contribution >= 4 is 12.0 Å². The molecule has 1 aliphatic rings. The van der Waals surface area contributed by atoms with E-state index in [0.29, 0.717) is 32.5 Å². The lowest BCUT2D eigenvalue weighted by atomic mass is 10.1. The van der Waals surface area contributed by atoms with Gasteiger partial charge in [-0.3, -0.25) is 0 Å². The van der Waals surface area contributed by atoms with Crippen molar-refractivity contribution in [2.75, 3.05) is 13.1 Å². The van der Waals surface area contributed by atoms with E-state index in [4.69, 9.17) is 9.84 Å². The lowest BCUT2D eigenvalue weighted by Crippen LogP contribution is -2.46. The first-order valence-electron chi connectivity index (χ1n) is 8.65. The number of amides is 2. The molecular weight excluding hydrogens is 353 g/mol. The Hall–Kier alpha value is -3.16. The van der Waals surface area contributed by atoms with Crippen LogP contribution in [-0.4, -0.2) is 46.2 Å². The highest BCUT2D eigenvalue weighted by molar-refractivity contribution is 5.87. The molecule has 0 unspecified atom stereocenters. The van der Waals surface area contributed by atoms with Crippen LogP contribution < -0.4 is 10.1 Å². The Morgan fingerprint density at radius 2 is 1.93 bits per heavy atom. The molecule has 0 radical (unpaired) electrons. The van der Waals surface area contributed by atoms with E-state index in [1.807, 2.05) is 0 Å². The number of hydrogen-bond donors (Lipinski definition) is 2. The number of piperidine rings is 1. The molecule has 8 heteroatoms. The minimum absolute atomic E-state index is 0.00907. The minimum atomic E-state index is -0.985. The van der Waals surface area contributed by atoms with Gasteiger partial charge in [0.15, 0.2) is 5.82 Å². The molecule has 0 spiro atoms. The predicted octanol–water partition coefficient (Wildman–Crippen LogP) is 2.67. The van der Waals surface area contributed by atoms with Crippen LogP contribution in [0.3, 0.4) is 0 Å². The van der Waals surface area contributed by atoms with Gasteiger partial charge in [0, 0.05) is 38.7 Å². The number of nitrogens with zero attached hydrogens (tertiary/aromatic N) is 2. The number of pyridine rings is 1. The molecule has 2 heterocycles. The third kappa shape index (κ3) is 4.93. The number of urea groups is 1. The highest BCUT2D eigenvalue weighted by atomic mass is 19.1. The molecule has 2 aromatic rings. The van der Waals surface area contributed by atoms with Crippen LogP contribution >= 0.6 is 0 Å². The van der Waals surface area contributed by atoms with Gasteiger partial charge < -0.3 is 20.1 Å². The van der Waals surface area contributed by atoms with Crippen molar-refractivity contribution < 1.29 is 23.8 Å². The van der Waals surface area contributed by atoms with E-state index >= 15 is 0 Å². The zero-order valence-electron chi connectivity index (χ0n) is 14.6. The van der Waals surface area contributed by atoms with Gasteiger partial charge in [-0.15, -0.1) is 0 Å². The van der Waals surface area contributed by atoms with Crippen LogP contribution in [-0.2, 0) is 6.54 Å². The van der Waals surface area contributed by atoms with Crippen molar-refractivity contribution in [2.24, 2.45) is 0 Å². The van der Waals surface area contributed by atoms with Crippen LogP contribution in [0.5, 0.6) is 5.88 Å².